The van der Waals surface area contributed by atoms with Gasteiger partial charge in [0.2, 0.25) is 5.89 Å². The van der Waals surface area contributed by atoms with Crippen molar-refractivity contribution in [2.24, 2.45) is 0 Å². The minimum atomic E-state index is -0.909. The van der Waals surface area contributed by atoms with Crippen LogP contribution in [-0.4, -0.2) is 33.9 Å². The fraction of sp³-hybridized carbons (Fsp3) is 0.375. The Balaban J connectivity index is 1.84. The van der Waals surface area contributed by atoms with Crippen LogP contribution in [0, 0.1) is 0 Å². The lowest BCUT2D eigenvalue weighted by Crippen LogP contribution is -2.37. The van der Waals surface area contributed by atoms with Gasteiger partial charge in [-0.2, -0.15) is 0 Å². The predicted octanol–water partition coefficient (Wildman–Crippen LogP) is 4.27. The van der Waals surface area contributed by atoms with Crippen molar-refractivity contribution in [1.29, 1.82) is 0 Å². The zero-order valence-corrected chi connectivity index (χ0v) is 13.2. The van der Waals surface area contributed by atoms with Crippen molar-refractivity contribution in [2.75, 3.05) is 12.8 Å². The van der Waals surface area contributed by atoms with Gasteiger partial charge in [-0.15, -0.1) is 11.8 Å². The highest BCUT2D eigenvalue weighted by molar-refractivity contribution is 7.98. The van der Waals surface area contributed by atoms with Crippen LogP contribution < -0.4 is 0 Å². The number of carbonyl (C=O) groups is 1. The molecule has 1 N–H and O–H groups in total. The van der Waals surface area contributed by atoms with Gasteiger partial charge in [0.05, 0.1) is 0 Å². The van der Waals surface area contributed by atoms with E-state index >= 15 is 0 Å². The van der Waals surface area contributed by atoms with Crippen molar-refractivity contribution in [3.05, 3.63) is 36.4 Å². The molecule has 1 aromatic carbocycles. The molecule has 1 aliphatic rings. The molecule has 1 atom stereocenters. The highest BCUT2D eigenvalue weighted by Crippen LogP contribution is 2.32. The van der Waals surface area contributed by atoms with E-state index < -0.39 is 6.09 Å². The monoisotopic (exact) mass is 318 g/mol. The number of benzene rings is 1. The van der Waals surface area contributed by atoms with Gasteiger partial charge in [0, 0.05) is 17.0 Å². The second kappa shape index (κ2) is 6.44. The lowest BCUT2D eigenvalue weighted by Gasteiger charge is -2.31. The summed E-state index contributed by atoms with van der Waals surface area (Å²) in [6.45, 7) is 0.542. The van der Waals surface area contributed by atoms with E-state index in [-0.39, 0.29) is 6.04 Å². The molecule has 5 nitrogen and oxygen atoms in total. The van der Waals surface area contributed by atoms with Crippen molar-refractivity contribution in [3.63, 3.8) is 0 Å². The van der Waals surface area contributed by atoms with Crippen LogP contribution in [-0.2, 0) is 0 Å². The fourth-order valence-corrected chi connectivity index (χ4v) is 3.16. The largest absolute Gasteiger partial charge is 0.465 e. The van der Waals surface area contributed by atoms with Gasteiger partial charge in [-0.1, -0.05) is 12.1 Å². The molecule has 2 heterocycles. The lowest BCUT2D eigenvalue weighted by molar-refractivity contribution is 0.0962. The Bertz CT molecular complexity index is 654. The maximum Gasteiger partial charge on any atom is 0.407 e. The summed E-state index contributed by atoms with van der Waals surface area (Å²) in [4.78, 5) is 18.5. The molecule has 0 spiro atoms. The third-order valence-electron chi connectivity index (χ3n) is 3.94. The first-order valence-corrected chi connectivity index (χ1v) is 8.51. The van der Waals surface area contributed by atoms with E-state index in [4.69, 9.17) is 4.42 Å². The van der Waals surface area contributed by atoms with Crippen LogP contribution in [0.3, 0.4) is 0 Å². The highest BCUT2D eigenvalue weighted by Gasteiger charge is 2.31. The SMILES string of the molecule is CSc1ccc(-c2coc(C3CCCCN3C(=O)O)n2)cc1. The number of hydrogen-bond acceptors (Lipinski definition) is 4. The zero-order valence-electron chi connectivity index (χ0n) is 12.4. The first-order valence-electron chi connectivity index (χ1n) is 7.28. The first kappa shape index (κ1) is 15.0. The number of rotatable bonds is 3. The molecule has 0 aliphatic carbocycles. The molecular weight excluding hydrogens is 300 g/mol. The number of carboxylic acid groups (broad SMARTS) is 1. The molecule has 2 aromatic rings. The maximum absolute atomic E-state index is 11.3. The number of piperidine rings is 1. The van der Waals surface area contributed by atoms with E-state index in [0.29, 0.717) is 12.4 Å². The molecule has 0 radical (unpaired) electrons. The lowest BCUT2D eigenvalue weighted by atomic mass is 10.0. The molecule has 6 heteroatoms. The molecule has 1 aliphatic heterocycles. The normalized spacial score (nSPS) is 18.4. The van der Waals surface area contributed by atoms with E-state index in [1.807, 2.05) is 30.5 Å². The Morgan fingerprint density at radius 2 is 2.14 bits per heavy atom. The number of aromatic nitrogens is 1. The molecule has 0 bridgehead atoms. The minimum Gasteiger partial charge on any atom is -0.465 e. The second-order valence-corrected chi connectivity index (χ2v) is 6.17. The van der Waals surface area contributed by atoms with Crippen molar-refractivity contribution in [1.82, 2.24) is 9.88 Å². The van der Waals surface area contributed by atoms with Gasteiger partial charge in [-0.05, 0) is 37.7 Å². The second-order valence-electron chi connectivity index (χ2n) is 5.29. The maximum atomic E-state index is 11.3. The number of nitrogens with zero attached hydrogens (tertiary/aromatic N) is 2. The number of oxazole rings is 1. The molecular formula is C16H18N2O3S. The van der Waals surface area contributed by atoms with Crippen LogP contribution in [0.25, 0.3) is 11.3 Å². The van der Waals surface area contributed by atoms with Gasteiger partial charge in [-0.25, -0.2) is 9.78 Å². The highest BCUT2D eigenvalue weighted by atomic mass is 32.2. The summed E-state index contributed by atoms with van der Waals surface area (Å²) in [5, 5.41) is 9.31. The molecule has 1 saturated heterocycles. The van der Waals surface area contributed by atoms with Gasteiger partial charge in [0.25, 0.3) is 0 Å². The topological polar surface area (TPSA) is 66.6 Å². The van der Waals surface area contributed by atoms with E-state index in [9.17, 15) is 9.90 Å². The molecule has 1 unspecified atom stereocenters. The minimum absolute atomic E-state index is 0.273. The van der Waals surface area contributed by atoms with Crippen LogP contribution in [0.2, 0.25) is 0 Å². The van der Waals surface area contributed by atoms with E-state index in [2.05, 4.69) is 4.98 Å². The van der Waals surface area contributed by atoms with Crippen molar-refractivity contribution >= 4 is 17.9 Å². The van der Waals surface area contributed by atoms with E-state index in [1.165, 1.54) is 9.80 Å². The first-order chi connectivity index (χ1) is 10.7. The standard InChI is InChI=1S/C16H18N2O3S/c1-22-12-7-5-11(6-8-12)13-10-21-15(17-13)14-4-2-3-9-18(14)16(19)20/h5-8,10,14H,2-4,9H2,1H3,(H,19,20). The van der Waals surface area contributed by atoms with Crippen molar-refractivity contribution in [3.8, 4) is 11.3 Å². The summed E-state index contributed by atoms with van der Waals surface area (Å²) >= 11 is 1.69. The zero-order chi connectivity index (χ0) is 15.5. The molecule has 3 rings (SSSR count). The Labute approximate surface area is 133 Å². The molecule has 0 saturated carbocycles. The van der Waals surface area contributed by atoms with Crippen LogP contribution >= 0.6 is 11.8 Å². The fourth-order valence-electron chi connectivity index (χ4n) is 2.75. The van der Waals surface area contributed by atoms with Crippen LogP contribution in [0.15, 0.2) is 39.8 Å². The molecule has 1 fully saturated rings. The summed E-state index contributed by atoms with van der Waals surface area (Å²) in [5.41, 5.74) is 1.73. The predicted molar refractivity (Wildman–Crippen MR) is 85.0 cm³/mol. The third-order valence-corrected chi connectivity index (χ3v) is 4.68. The van der Waals surface area contributed by atoms with Gasteiger partial charge in [0.1, 0.15) is 18.0 Å². The van der Waals surface area contributed by atoms with Crippen molar-refractivity contribution < 1.29 is 14.3 Å². The Hall–Kier alpha value is -1.95. The smallest absolute Gasteiger partial charge is 0.407 e. The van der Waals surface area contributed by atoms with Crippen LogP contribution in [0.1, 0.15) is 31.2 Å². The Morgan fingerprint density at radius 3 is 2.82 bits per heavy atom. The quantitative estimate of drug-likeness (QED) is 0.856. The summed E-state index contributed by atoms with van der Waals surface area (Å²) in [7, 11) is 0. The molecule has 116 valence electrons. The molecule has 1 amide bonds. The average molecular weight is 318 g/mol. The van der Waals surface area contributed by atoms with Crippen LogP contribution in [0.4, 0.5) is 4.79 Å². The summed E-state index contributed by atoms with van der Waals surface area (Å²) in [6, 6.07) is 7.81. The van der Waals surface area contributed by atoms with Gasteiger partial charge in [0.15, 0.2) is 0 Å². The number of hydrogen-bond donors (Lipinski definition) is 1. The summed E-state index contributed by atoms with van der Waals surface area (Å²) in [6.07, 6.45) is 5.39. The third kappa shape index (κ3) is 2.97. The van der Waals surface area contributed by atoms with Crippen LogP contribution in [0.5, 0.6) is 0 Å². The van der Waals surface area contributed by atoms with Gasteiger partial charge in [-0.3, -0.25) is 4.90 Å². The number of thioether (sulfide) groups is 1. The molecule has 22 heavy (non-hydrogen) atoms. The number of likely N-dealkylation sites (tertiary alicyclic amines) is 1. The summed E-state index contributed by atoms with van der Waals surface area (Å²) in [5.74, 6) is 0.492. The Morgan fingerprint density at radius 1 is 1.36 bits per heavy atom. The summed E-state index contributed by atoms with van der Waals surface area (Å²) < 4.78 is 5.57. The Kier molecular flexibility index (Phi) is 4.38. The molecule has 1 aromatic heterocycles. The van der Waals surface area contributed by atoms with Gasteiger partial charge < -0.3 is 9.52 Å². The van der Waals surface area contributed by atoms with Gasteiger partial charge >= 0.3 is 6.09 Å². The van der Waals surface area contributed by atoms with Crippen molar-refractivity contribution in [2.45, 2.75) is 30.2 Å². The number of amides is 1. The van der Waals surface area contributed by atoms with E-state index in [1.54, 1.807) is 18.0 Å². The average Bonchev–Trinajstić information content (AvgIpc) is 3.04. The van der Waals surface area contributed by atoms with E-state index in [0.717, 1.165) is 30.5 Å².